The zero-order valence-electron chi connectivity index (χ0n) is 18.0. The molecule has 0 aliphatic heterocycles. The van der Waals surface area contributed by atoms with Crippen molar-refractivity contribution in [1.29, 1.82) is 0 Å². The molecule has 0 saturated carbocycles. The van der Waals surface area contributed by atoms with Crippen molar-refractivity contribution in [2.75, 3.05) is 0 Å². The molecule has 0 bridgehead atoms. The van der Waals surface area contributed by atoms with Crippen molar-refractivity contribution >= 4 is 0 Å². The van der Waals surface area contributed by atoms with E-state index in [1.54, 1.807) is 4.57 Å². The Kier molecular flexibility index (Phi) is 5.88. The van der Waals surface area contributed by atoms with Crippen molar-refractivity contribution in [1.82, 2.24) is 9.13 Å². The second-order valence-electron chi connectivity index (χ2n) is 9.55. The first-order valence-corrected chi connectivity index (χ1v) is 9.79. The molecule has 27 heavy (non-hydrogen) atoms. The summed E-state index contributed by atoms with van der Waals surface area (Å²) in [7, 11) is 0. The normalized spacial score (nSPS) is 13.8. The van der Waals surface area contributed by atoms with Gasteiger partial charge in [0.15, 0.2) is 0 Å². The lowest BCUT2D eigenvalue weighted by Crippen LogP contribution is -2.36. The van der Waals surface area contributed by atoms with E-state index in [0.717, 1.165) is 11.1 Å². The Morgan fingerprint density at radius 1 is 0.815 bits per heavy atom. The van der Waals surface area contributed by atoms with Gasteiger partial charge >= 0.3 is 0 Å². The molecule has 2 heterocycles. The Morgan fingerprint density at radius 3 is 1.81 bits per heavy atom. The van der Waals surface area contributed by atoms with E-state index in [2.05, 4.69) is 41.5 Å². The molecule has 0 N–H and O–H groups in total. The van der Waals surface area contributed by atoms with Gasteiger partial charge in [0.1, 0.15) is 0 Å². The highest BCUT2D eigenvalue weighted by Crippen LogP contribution is 2.30. The highest BCUT2D eigenvalue weighted by Gasteiger charge is 2.29. The van der Waals surface area contributed by atoms with Crippen molar-refractivity contribution in [3.63, 3.8) is 0 Å². The van der Waals surface area contributed by atoms with Crippen LogP contribution in [-0.2, 0) is 10.8 Å². The maximum absolute atomic E-state index is 13.0. The molecule has 1 unspecified atom stereocenters. The highest BCUT2D eigenvalue weighted by molar-refractivity contribution is 5.22. The zero-order valence-corrected chi connectivity index (χ0v) is 18.0. The van der Waals surface area contributed by atoms with Crippen molar-refractivity contribution in [2.24, 2.45) is 0 Å². The summed E-state index contributed by atoms with van der Waals surface area (Å²) in [6.07, 6.45) is 4.40. The van der Waals surface area contributed by atoms with Gasteiger partial charge in [-0.3, -0.25) is 9.59 Å². The van der Waals surface area contributed by atoms with E-state index in [9.17, 15) is 9.59 Å². The van der Waals surface area contributed by atoms with E-state index >= 15 is 0 Å². The molecule has 4 heteroatoms. The van der Waals surface area contributed by atoms with Gasteiger partial charge in [-0.15, -0.1) is 0 Å². The van der Waals surface area contributed by atoms with E-state index < -0.39 is 0 Å². The van der Waals surface area contributed by atoms with Crippen LogP contribution in [0, 0.1) is 0 Å². The number of rotatable bonds is 5. The van der Waals surface area contributed by atoms with Gasteiger partial charge in [-0.2, -0.15) is 0 Å². The van der Waals surface area contributed by atoms with Crippen LogP contribution in [0.4, 0.5) is 0 Å². The Labute approximate surface area is 162 Å². The highest BCUT2D eigenvalue weighted by atomic mass is 16.1. The summed E-state index contributed by atoms with van der Waals surface area (Å²) >= 11 is 0. The second-order valence-corrected chi connectivity index (χ2v) is 9.55. The predicted octanol–water partition coefficient (Wildman–Crippen LogP) is 4.82. The molecule has 4 nitrogen and oxygen atoms in total. The number of hydrogen-bond acceptors (Lipinski definition) is 2. The lowest BCUT2D eigenvalue weighted by Gasteiger charge is -2.30. The fourth-order valence-electron chi connectivity index (χ4n) is 3.81. The Hall–Kier alpha value is -2.10. The first-order chi connectivity index (χ1) is 12.4. The van der Waals surface area contributed by atoms with Crippen LogP contribution in [0.2, 0.25) is 0 Å². The lowest BCUT2D eigenvalue weighted by molar-refractivity contribution is 0.360. The van der Waals surface area contributed by atoms with Gasteiger partial charge in [0.2, 0.25) is 0 Å². The van der Waals surface area contributed by atoms with Gasteiger partial charge in [-0.25, -0.2) is 0 Å². The Morgan fingerprint density at radius 2 is 1.30 bits per heavy atom. The predicted molar refractivity (Wildman–Crippen MR) is 113 cm³/mol. The van der Waals surface area contributed by atoms with Crippen molar-refractivity contribution in [3.05, 3.63) is 68.5 Å². The van der Waals surface area contributed by atoms with Crippen molar-refractivity contribution in [3.8, 4) is 0 Å². The summed E-state index contributed by atoms with van der Waals surface area (Å²) in [5.74, 6) is 0. The van der Waals surface area contributed by atoms with Gasteiger partial charge in [0.25, 0.3) is 11.1 Å². The molecular weight excluding hydrogens is 336 g/mol. The third-order valence-corrected chi connectivity index (χ3v) is 5.32. The van der Waals surface area contributed by atoms with Crippen LogP contribution < -0.4 is 11.1 Å². The summed E-state index contributed by atoms with van der Waals surface area (Å²) in [5.41, 5.74) is 1.19. The minimum atomic E-state index is -0.342. The molecule has 0 aromatic carbocycles. The van der Waals surface area contributed by atoms with Crippen molar-refractivity contribution in [2.45, 2.75) is 84.7 Å². The third kappa shape index (κ3) is 4.42. The van der Waals surface area contributed by atoms with Crippen LogP contribution in [0.1, 0.15) is 85.0 Å². The van der Waals surface area contributed by atoms with Gasteiger partial charge < -0.3 is 9.13 Å². The van der Waals surface area contributed by atoms with Crippen LogP contribution in [-0.4, -0.2) is 9.13 Å². The number of nitrogens with zero attached hydrogens (tertiary/aromatic N) is 2. The van der Waals surface area contributed by atoms with E-state index in [0.29, 0.717) is 6.42 Å². The topological polar surface area (TPSA) is 44.0 Å². The fraction of sp³-hybridized carbons (Fsp3) is 0.565. The van der Waals surface area contributed by atoms with Crippen LogP contribution >= 0.6 is 0 Å². The smallest absolute Gasteiger partial charge is 0.254 e. The monoisotopic (exact) mass is 370 g/mol. The molecule has 0 radical (unpaired) electrons. The van der Waals surface area contributed by atoms with Crippen LogP contribution in [0.25, 0.3) is 0 Å². The fourth-order valence-corrected chi connectivity index (χ4v) is 3.81. The maximum Gasteiger partial charge on any atom is 0.254 e. The first kappa shape index (κ1) is 21.2. The van der Waals surface area contributed by atoms with E-state index in [-0.39, 0.29) is 34.0 Å². The van der Waals surface area contributed by atoms with Gasteiger partial charge in [-0.05, 0) is 50.2 Å². The van der Waals surface area contributed by atoms with Crippen LogP contribution in [0.15, 0.2) is 46.2 Å². The molecule has 0 aliphatic carbocycles. The van der Waals surface area contributed by atoms with E-state index in [1.165, 1.54) is 0 Å². The first-order valence-electron chi connectivity index (χ1n) is 9.79. The molecule has 1 atom stereocenters. The number of aromatic nitrogens is 2. The number of pyridine rings is 2. The molecule has 148 valence electrons. The third-order valence-electron chi connectivity index (χ3n) is 5.32. The maximum atomic E-state index is 13.0. The molecule has 0 saturated heterocycles. The molecule has 0 amide bonds. The standard InChI is InChI=1S/C23H34N2O2/c1-16(2)24-13-10-12-19(21(24)27)23(7,8)15-17(3)25-14-9-11-18(20(25)26)22(4,5)6/h9-14,16-17H,15H2,1-8H3. The zero-order chi connectivity index (χ0) is 20.6. The quantitative estimate of drug-likeness (QED) is 0.757. The molecule has 2 aromatic rings. The summed E-state index contributed by atoms with van der Waals surface area (Å²) in [4.78, 5) is 25.9. The molecular formula is C23H34N2O2. The van der Waals surface area contributed by atoms with Crippen LogP contribution in [0.3, 0.4) is 0 Å². The van der Waals surface area contributed by atoms with Gasteiger partial charge in [0.05, 0.1) is 0 Å². The van der Waals surface area contributed by atoms with E-state index in [1.807, 2.05) is 55.1 Å². The molecule has 0 fully saturated rings. The minimum absolute atomic E-state index is 0.0121. The van der Waals surface area contributed by atoms with Gasteiger partial charge in [-0.1, -0.05) is 46.8 Å². The SMILES string of the molecule is CC(C)n1cccc(C(C)(C)CC(C)n2cccc(C(C)(C)C)c2=O)c1=O. The van der Waals surface area contributed by atoms with Gasteiger partial charge in [0, 0.05) is 35.6 Å². The molecule has 2 aromatic heterocycles. The Balaban J connectivity index is 2.41. The average Bonchev–Trinajstić information content (AvgIpc) is 2.53. The molecule has 2 rings (SSSR count). The molecule has 0 aliphatic rings. The minimum Gasteiger partial charge on any atom is -0.313 e. The van der Waals surface area contributed by atoms with Crippen molar-refractivity contribution < 1.29 is 0 Å². The second kappa shape index (κ2) is 7.49. The van der Waals surface area contributed by atoms with E-state index in [4.69, 9.17) is 0 Å². The van der Waals surface area contributed by atoms with Crippen LogP contribution in [0.5, 0.6) is 0 Å². The number of hydrogen-bond donors (Lipinski definition) is 0. The summed E-state index contributed by atoms with van der Waals surface area (Å²) in [6, 6.07) is 7.82. The average molecular weight is 371 g/mol. The largest absolute Gasteiger partial charge is 0.313 e. The Bertz CT molecular complexity index is 911. The summed E-state index contributed by atoms with van der Waals surface area (Å²) < 4.78 is 3.58. The molecule has 0 spiro atoms. The summed E-state index contributed by atoms with van der Waals surface area (Å²) in [6.45, 7) is 16.4. The summed E-state index contributed by atoms with van der Waals surface area (Å²) in [5, 5.41) is 0. The lowest BCUT2D eigenvalue weighted by atomic mass is 9.79.